The standard InChI is InChI=1S/C12H14FN3S/c1-7-3-4-10(13)9(5-7)11(16-14)12-8(2)15-6-17-12/h3-6,11,16H,14H2,1-2H3. The van der Waals surface area contributed by atoms with E-state index in [1.807, 2.05) is 13.8 Å². The molecule has 2 rings (SSSR count). The number of nitrogens with one attached hydrogen (secondary N) is 1. The molecule has 1 aromatic heterocycles. The Labute approximate surface area is 103 Å². The number of rotatable bonds is 3. The number of hydrogen-bond acceptors (Lipinski definition) is 4. The molecule has 0 aliphatic heterocycles. The van der Waals surface area contributed by atoms with Crippen LogP contribution >= 0.6 is 11.3 Å². The zero-order chi connectivity index (χ0) is 12.4. The lowest BCUT2D eigenvalue weighted by molar-refractivity contribution is 0.562. The van der Waals surface area contributed by atoms with Crippen molar-refractivity contribution in [2.24, 2.45) is 5.84 Å². The summed E-state index contributed by atoms with van der Waals surface area (Å²) in [5, 5.41) is 0. The second kappa shape index (κ2) is 4.91. The van der Waals surface area contributed by atoms with Crippen LogP contribution in [0.25, 0.3) is 0 Å². The van der Waals surface area contributed by atoms with Gasteiger partial charge >= 0.3 is 0 Å². The minimum absolute atomic E-state index is 0.258. The van der Waals surface area contributed by atoms with E-state index < -0.39 is 0 Å². The summed E-state index contributed by atoms with van der Waals surface area (Å²) >= 11 is 1.47. The Hall–Kier alpha value is -1.30. The lowest BCUT2D eigenvalue weighted by Gasteiger charge is -2.16. The van der Waals surface area contributed by atoms with Crippen molar-refractivity contribution in [2.75, 3.05) is 0 Å². The molecule has 0 fully saturated rings. The van der Waals surface area contributed by atoms with Gasteiger partial charge in [0.2, 0.25) is 0 Å². The van der Waals surface area contributed by atoms with E-state index in [0.717, 1.165) is 16.1 Å². The van der Waals surface area contributed by atoms with Crippen molar-refractivity contribution in [3.63, 3.8) is 0 Å². The van der Waals surface area contributed by atoms with Crippen LogP contribution in [0.4, 0.5) is 4.39 Å². The molecular formula is C12H14FN3S. The number of hydrazine groups is 1. The topological polar surface area (TPSA) is 50.9 Å². The van der Waals surface area contributed by atoms with Crippen LogP contribution in [0, 0.1) is 19.7 Å². The smallest absolute Gasteiger partial charge is 0.128 e. The molecule has 0 radical (unpaired) electrons. The molecule has 3 nitrogen and oxygen atoms in total. The molecule has 1 unspecified atom stereocenters. The van der Waals surface area contributed by atoms with Gasteiger partial charge in [-0.1, -0.05) is 17.7 Å². The average Bonchev–Trinajstić information content (AvgIpc) is 2.71. The molecule has 0 amide bonds. The van der Waals surface area contributed by atoms with Crippen LogP contribution in [0.2, 0.25) is 0 Å². The van der Waals surface area contributed by atoms with E-state index >= 15 is 0 Å². The van der Waals surface area contributed by atoms with Crippen molar-refractivity contribution < 1.29 is 4.39 Å². The zero-order valence-electron chi connectivity index (χ0n) is 9.70. The monoisotopic (exact) mass is 251 g/mol. The van der Waals surface area contributed by atoms with Gasteiger partial charge in [0.15, 0.2) is 0 Å². The second-order valence-corrected chi connectivity index (χ2v) is 4.81. The van der Waals surface area contributed by atoms with Gasteiger partial charge in [-0.05, 0) is 19.9 Å². The predicted molar refractivity (Wildman–Crippen MR) is 67.2 cm³/mol. The number of halogens is 1. The average molecular weight is 251 g/mol. The molecule has 5 heteroatoms. The van der Waals surface area contributed by atoms with Crippen LogP contribution in [0.3, 0.4) is 0 Å². The number of thiazole rings is 1. The number of nitrogens with two attached hydrogens (primary N) is 1. The SMILES string of the molecule is Cc1ccc(F)c(C(NN)c2scnc2C)c1. The van der Waals surface area contributed by atoms with Crippen molar-refractivity contribution in [2.45, 2.75) is 19.9 Å². The molecule has 90 valence electrons. The fraction of sp³-hybridized carbons (Fsp3) is 0.250. The summed E-state index contributed by atoms with van der Waals surface area (Å²) in [5.74, 6) is 5.29. The highest BCUT2D eigenvalue weighted by Crippen LogP contribution is 2.29. The summed E-state index contributed by atoms with van der Waals surface area (Å²) in [6, 6.07) is 4.67. The van der Waals surface area contributed by atoms with Gasteiger partial charge in [0.25, 0.3) is 0 Å². The van der Waals surface area contributed by atoms with Crippen molar-refractivity contribution in [3.8, 4) is 0 Å². The fourth-order valence-corrected chi connectivity index (χ4v) is 2.66. The highest BCUT2D eigenvalue weighted by Gasteiger charge is 2.20. The van der Waals surface area contributed by atoms with Gasteiger partial charge in [-0.2, -0.15) is 0 Å². The van der Waals surface area contributed by atoms with Gasteiger partial charge in [-0.3, -0.25) is 5.84 Å². The Morgan fingerprint density at radius 2 is 2.18 bits per heavy atom. The highest BCUT2D eigenvalue weighted by molar-refractivity contribution is 7.09. The van der Waals surface area contributed by atoms with Gasteiger partial charge < -0.3 is 0 Å². The van der Waals surface area contributed by atoms with Crippen LogP contribution in [0.1, 0.15) is 27.7 Å². The Kier molecular flexibility index (Phi) is 3.51. The predicted octanol–water partition coefficient (Wildman–Crippen LogP) is 2.45. The van der Waals surface area contributed by atoms with E-state index in [9.17, 15) is 4.39 Å². The summed E-state index contributed by atoms with van der Waals surface area (Å²) in [4.78, 5) is 5.11. The van der Waals surface area contributed by atoms with Crippen molar-refractivity contribution in [1.82, 2.24) is 10.4 Å². The van der Waals surface area contributed by atoms with E-state index in [0.29, 0.717) is 5.56 Å². The van der Waals surface area contributed by atoms with Crippen molar-refractivity contribution in [3.05, 3.63) is 51.2 Å². The molecule has 0 spiro atoms. The van der Waals surface area contributed by atoms with Crippen molar-refractivity contribution in [1.29, 1.82) is 0 Å². The lowest BCUT2D eigenvalue weighted by atomic mass is 10.0. The molecule has 3 N–H and O–H groups in total. The normalized spacial score (nSPS) is 12.7. The van der Waals surface area contributed by atoms with Crippen LogP contribution in [-0.4, -0.2) is 4.98 Å². The van der Waals surface area contributed by atoms with Crippen LogP contribution in [-0.2, 0) is 0 Å². The quantitative estimate of drug-likeness (QED) is 0.651. The van der Waals surface area contributed by atoms with Crippen LogP contribution in [0.5, 0.6) is 0 Å². The van der Waals surface area contributed by atoms with Crippen LogP contribution in [0.15, 0.2) is 23.7 Å². The first-order valence-corrected chi connectivity index (χ1v) is 6.13. The molecule has 0 saturated heterocycles. The molecule has 0 aliphatic rings. The van der Waals surface area contributed by atoms with Gasteiger partial charge in [0, 0.05) is 5.56 Å². The summed E-state index contributed by atoms with van der Waals surface area (Å²) in [6.45, 7) is 3.82. The number of hydrogen-bond donors (Lipinski definition) is 2. The van der Waals surface area contributed by atoms with Gasteiger partial charge in [-0.15, -0.1) is 11.3 Å². The van der Waals surface area contributed by atoms with E-state index in [4.69, 9.17) is 5.84 Å². The number of benzene rings is 1. The fourth-order valence-electron chi connectivity index (χ4n) is 1.78. The van der Waals surface area contributed by atoms with E-state index in [-0.39, 0.29) is 11.9 Å². The number of aromatic nitrogens is 1. The summed E-state index contributed by atoms with van der Waals surface area (Å²) in [6.07, 6.45) is 0. The van der Waals surface area contributed by atoms with Gasteiger partial charge in [0.1, 0.15) is 5.82 Å². The van der Waals surface area contributed by atoms with E-state index in [2.05, 4.69) is 10.4 Å². The summed E-state index contributed by atoms with van der Waals surface area (Å²) < 4.78 is 13.8. The molecule has 2 aromatic rings. The molecule has 0 bridgehead atoms. The largest absolute Gasteiger partial charge is 0.271 e. The maximum Gasteiger partial charge on any atom is 0.128 e. The number of aryl methyl sites for hydroxylation is 2. The highest BCUT2D eigenvalue weighted by atomic mass is 32.1. The molecule has 1 aromatic carbocycles. The van der Waals surface area contributed by atoms with Gasteiger partial charge in [0.05, 0.1) is 22.1 Å². The third kappa shape index (κ3) is 2.36. The Morgan fingerprint density at radius 1 is 1.41 bits per heavy atom. The first-order valence-electron chi connectivity index (χ1n) is 5.25. The van der Waals surface area contributed by atoms with Crippen LogP contribution < -0.4 is 11.3 Å². The first kappa shape index (κ1) is 12.2. The Bertz CT molecular complexity index is 524. The molecule has 0 aliphatic carbocycles. The Morgan fingerprint density at radius 3 is 2.76 bits per heavy atom. The third-order valence-corrected chi connectivity index (χ3v) is 3.67. The van der Waals surface area contributed by atoms with E-state index in [1.165, 1.54) is 17.4 Å². The summed E-state index contributed by atoms with van der Waals surface area (Å²) in [5.41, 5.74) is 6.83. The number of nitrogens with zero attached hydrogens (tertiary/aromatic N) is 1. The maximum absolute atomic E-state index is 13.8. The van der Waals surface area contributed by atoms with Gasteiger partial charge in [-0.25, -0.2) is 14.8 Å². The Balaban J connectivity index is 2.49. The van der Waals surface area contributed by atoms with E-state index in [1.54, 1.807) is 17.6 Å². The molecule has 1 heterocycles. The molecule has 0 saturated carbocycles. The van der Waals surface area contributed by atoms with Crippen molar-refractivity contribution >= 4 is 11.3 Å². The minimum Gasteiger partial charge on any atom is -0.271 e. The lowest BCUT2D eigenvalue weighted by Crippen LogP contribution is -2.29. The first-order chi connectivity index (χ1) is 8.13. The molecular weight excluding hydrogens is 237 g/mol. The second-order valence-electron chi connectivity index (χ2n) is 3.93. The molecule has 1 atom stereocenters. The summed E-state index contributed by atoms with van der Waals surface area (Å²) in [7, 11) is 0. The minimum atomic E-state index is -0.345. The zero-order valence-corrected chi connectivity index (χ0v) is 10.5. The molecule has 17 heavy (non-hydrogen) atoms. The third-order valence-electron chi connectivity index (χ3n) is 2.67. The maximum atomic E-state index is 13.8.